The maximum absolute atomic E-state index is 13.4. The van der Waals surface area contributed by atoms with E-state index in [4.69, 9.17) is 0 Å². The van der Waals surface area contributed by atoms with E-state index in [1.165, 1.54) is 17.0 Å². The first kappa shape index (κ1) is 20.9. The molecule has 1 heterocycles. The Morgan fingerprint density at radius 2 is 1.71 bits per heavy atom. The van der Waals surface area contributed by atoms with E-state index >= 15 is 0 Å². The summed E-state index contributed by atoms with van der Waals surface area (Å²) >= 11 is 2.92. The van der Waals surface area contributed by atoms with Crippen LogP contribution >= 0.6 is 40.7 Å². The number of hydrogen-bond donors (Lipinski definition) is 1. The van der Waals surface area contributed by atoms with E-state index in [-0.39, 0.29) is 47.9 Å². The van der Waals surface area contributed by atoms with Gasteiger partial charge in [-0.25, -0.2) is 4.39 Å². The number of nitrogens with one attached hydrogen (secondary N) is 1. The van der Waals surface area contributed by atoms with Crippen LogP contribution < -0.4 is 5.32 Å². The molecule has 0 bridgehead atoms. The number of alkyl halides is 3. The van der Waals surface area contributed by atoms with Crippen LogP contribution in [0.2, 0.25) is 0 Å². The van der Waals surface area contributed by atoms with Gasteiger partial charge in [0.05, 0.1) is 4.47 Å². The molecule has 1 fully saturated rings. The SMILES string of the molecule is Cl.Cl.Fc1cccc([C@H](N2CCNCC2)C(F)(F)F)c1Br. The van der Waals surface area contributed by atoms with Gasteiger partial charge in [0.25, 0.3) is 0 Å². The fourth-order valence-electron chi connectivity index (χ4n) is 2.25. The molecule has 122 valence electrons. The van der Waals surface area contributed by atoms with Gasteiger partial charge in [0.15, 0.2) is 0 Å². The molecule has 0 aliphatic carbocycles. The van der Waals surface area contributed by atoms with E-state index in [1.54, 1.807) is 0 Å². The van der Waals surface area contributed by atoms with Crippen molar-refractivity contribution in [3.05, 3.63) is 34.1 Å². The summed E-state index contributed by atoms with van der Waals surface area (Å²) in [4.78, 5) is 1.33. The predicted octanol–water partition coefficient (Wildman–Crippen LogP) is 3.94. The second kappa shape index (κ2) is 8.53. The van der Waals surface area contributed by atoms with Crippen LogP contribution in [0.1, 0.15) is 11.6 Å². The molecule has 1 N–H and O–H groups in total. The van der Waals surface area contributed by atoms with Crippen LogP contribution in [0.5, 0.6) is 0 Å². The zero-order valence-corrected chi connectivity index (χ0v) is 14.0. The highest BCUT2D eigenvalue weighted by molar-refractivity contribution is 9.10. The average molecular weight is 414 g/mol. The summed E-state index contributed by atoms with van der Waals surface area (Å²) in [6.45, 7) is 1.57. The number of piperazine rings is 1. The van der Waals surface area contributed by atoms with Crippen molar-refractivity contribution in [2.24, 2.45) is 0 Å². The molecule has 9 heteroatoms. The molecular weight excluding hydrogens is 399 g/mol. The van der Waals surface area contributed by atoms with Gasteiger partial charge in [-0.3, -0.25) is 4.90 Å². The quantitative estimate of drug-likeness (QED) is 0.738. The summed E-state index contributed by atoms with van der Waals surface area (Å²) < 4.78 is 53.2. The van der Waals surface area contributed by atoms with Gasteiger partial charge in [0.2, 0.25) is 0 Å². The Hall–Kier alpha value is -0.0800. The molecule has 0 amide bonds. The van der Waals surface area contributed by atoms with Crippen LogP contribution in [-0.4, -0.2) is 37.3 Å². The summed E-state index contributed by atoms with van der Waals surface area (Å²) in [5.41, 5.74) is -0.0746. The minimum atomic E-state index is -4.44. The monoisotopic (exact) mass is 412 g/mol. The van der Waals surface area contributed by atoms with Crippen LogP contribution in [0.25, 0.3) is 0 Å². The minimum Gasteiger partial charge on any atom is -0.314 e. The van der Waals surface area contributed by atoms with Gasteiger partial charge >= 0.3 is 6.18 Å². The second-order valence-electron chi connectivity index (χ2n) is 4.37. The van der Waals surface area contributed by atoms with Gasteiger partial charge in [-0.15, -0.1) is 24.8 Å². The Bertz CT molecular complexity index is 453. The fourth-order valence-corrected chi connectivity index (χ4v) is 2.73. The molecule has 2 rings (SSSR count). The van der Waals surface area contributed by atoms with Crippen molar-refractivity contribution < 1.29 is 17.6 Å². The lowest BCUT2D eigenvalue weighted by Gasteiger charge is -2.36. The number of hydrogen-bond acceptors (Lipinski definition) is 2. The van der Waals surface area contributed by atoms with Gasteiger partial charge < -0.3 is 5.32 Å². The van der Waals surface area contributed by atoms with Crippen molar-refractivity contribution in [3.8, 4) is 0 Å². The summed E-state index contributed by atoms with van der Waals surface area (Å²) in [5.74, 6) is -0.679. The fraction of sp³-hybridized carbons (Fsp3) is 0.500. The van der Waals surface area contributed by atoms with Gasteiger partial charge in [-0.1, -0.05) is 12.1 Å². The number of rotatable bonds is 2. The molecule has 21 heavy (non-hydrogen) atoms. The second-order valence-corrected chi connectivity index (χ2v) is 5.17. The Labute approximate surface area is 141 Å². The molecule has 1 aliphatic rings. The van der Waals surface area contributed by atoms with Gasteiger partial charge in [0, 0.05) is 26.2 Å². The van der Waals surface area contributed by atoms with Crippen molar-refractivity contribution in [1.82, 2.24) is 10.2 Å². The van der Waals surface area contributed by atoms with E-state index in [9.17, 15) is 17.6 Å². The summed E-state index contributed by atoms with van der Waals surface area (Å²) in [7, 11) is 0. The maximum Gasteiger partial charge on any atom is 0.408 e. The third-order valence-corrected chi connectivity index (χ3v) is 3.94. The van der Waals surface area contributed by atoms with Crippen molar-refractivity contribution in [1.29, 1.82) is 0 Å². The third-order valence-electron chi connectivity index (χ3n) is 3.10. The maximum atomic E-state index is 13.4. The van der Waals surface area contributed by atoms with Crippen LogP contribution in [0, 0.1) is 5.82 Å². The van der Waals surface area contributed by atoms with Crippen molar-refractivity contribution >= 4 is 40.7 Å². The van der Waals surface area contributed by atoms with E-state index in [0.29, 0.717) is 13.1 Å². The molecule has 2 nitrogen and oxygen atoms in total. The molecule has 0 aromatic heterocycles. The zero-order valence-electron chi connectivity index (χ0n) is 10.8. The average Bonchev–Trinajstić information content (AvgIpc) is 2.35. The third kappa shape index (κ3) is 4.96. The lowest BCUT2D eigenvalue weighted by Crippen LogP contribution is -2.49. The smallest absolute Gasteiger partial charge is 0.314 e. The number of halogens is 7. The largest absolute Gasteiger partial charge is 0.408 e. The first-order valence-electron chi connectivity index (χ1n) is 5.86. The van der Waals surface area contributed by atoms with Gasteiger partial charge in [-0.2, -0.15) is 13.2 Å². The van der Waals surface area contributed by atoms with Gasteiger partial charge in [0.1, 0.15) is 11.9 Å². The molecule has 1 aliphatic heterocycles. The summed E-state index contributed by atoms with van der Waals surface area (Å²) in [5, 5.41) is 3.00. The molecule has 0 unspecified atom stereocenters. The standard InChI is InChI=1S/C12H13BrF4N2.2ClH/c13-10-8(2-1-3-9(10)14)11(12(15,16)17)19-6-4-18-5-7-19;;/h1-3,11,18H,4-7H2;2*1H/t11-;;/m0../s1. The first-order valence-corrected chi connectivity index (χ1v) is 6.66. The molecule has 0 radical (unpaired) electrons. The lowest BCUT2D eigenvalue weighted by molar-refractivity contribution is -0.188. The molecular formula is C12H15BrCl2F4N2. The van der Waals surface area contributed by atoms with Crippen LogP contribution in [-0.2, 0) is 0 Å². The molecule has 1 aromatic carbocycles. The molecule has 1 atom stereocenters. The highest BCUT2D eigenvalue weighted by atomic mass is 79.9. The van der Waals surface area contributed by atoms with Crippen LogP contribution in [0.3, 0.4) is 0 Å². The molecule has 0 saturated carbocycles. The van der Waals surface area contributed by atoms with E-state index in [2.05, 4.69) is 21.2 Å². The van der Waals surface area contributed by atoms with Crippen LogP contribution in [0.15, 0.2) is 22.7 Å². The Morgan fingerprint density at radius 1 is 1.14 bits per heavy atom. The Morgan fingerprint density at radius 3 is 2.24 bits per heavy atom. The van der Waals surface area contributed by atoms with Crippen molar-refractivity contribution in [3.63, 3.8) is 0 Å². The zero-order chi connectivity index (χ0) is 14.0. The van der Waals surface area contributed by atoms with Crippen molar-refractivity contribution in [2.45, 2.75) is 12.2 Å². The topological polar surface area (TPSA) is 15.3 Å². The lowest BCUT2D eigenvalue weighted by atomic mass is 10.0. The number of nitrogens with zero attached hydrogens (tertiary/aromatic N) is 1. The highest BCUT2D eigenvalue weighted by Crippen LogP contribution is 2.41. The van der Waals surface area contributed by atoms with E-state index in [1.807, 2.05) is 0 Å². The van der Waals surface area contributed by atoms with Gasteiger partial charge in [-0.05, 0) is 27.6 Å². The first-order chi connectivity index (χ1) is 8.91. The summed E-state index contributed by atoms with van der Waals surface area (Å²) in [6, 6.07) is 1.97. The van der Waals surface area contributed by atoms with Crippen molar-refractivity contribution in [2.75, 3.05) is 26.2 Å². The highest BCUT2D eigenvalue weighted by Gasteiger charge is 2.45. The molecule has 1 saturated heterocycles. The Kier molecular flexibility index (Phi) is 8.49. The minimum absolute atomic E-state index is 0. The predicted molar refractivity (Wildman–Crippen MR) is 81.8 cm³/mol. The molecule has 0 spiro atoms. The normalized spacial score (nSPS) is 17.6. The van der Waals surface area contributed by atoms with E-state index < -0.39 is 18.0 Å². The van der Waals surface area contributed by atoms with Crippen LogP contribution in [0.4, 0.5) is 17.6 Å². The van der Waals surface area contributed by atoms with E-state index in [0.717, 1.165) is 6.07 Å². The molecule has 1 aromatic rings. The number of benzene rings is 1. The Balaban J connectivity index is 0.00000200. The summed E-state index contributed by atoms with van der Waals surface area (Å²) in [6.07, 6.45) is -4.44.